The van der Waals surface area contributed by atoms with Crippen molar-refractivity contribution in [2.24, 2.45) is 0 Å². The van der Waals surface area contributed by atoms with Gasteiger partial charge in [-0.25, -0.2) is 4.79 Å². The number of para-hydroxylation sites is 1. The Labute approximate surface area is 129 Å². The first kappa shape index (κ1) is 17.5. The summed E-state index contributed by atoms with van der Waals surface area (Å²) in [6, 6.07) is 7.71. The maximum atomic E-state index is 11.7. The Morgan fingerprint density at radius 3 is 2.24 bits per heavy atom. The fraction of sp³-hybridized carbons (Fsp3) is 0.611. The Morgan fingerprint density at radius 1 is 0.952 bits per heavy atom. The van der Waals surface area contributed by atoms with Crippen LogP contribution in [0.25, 0.3) is 0 Å². The zero-order valence-corrected chi connectivity index (χ0v) is 13.6. The van der Waals surface area contributed by atoms with E-state index in [0.29, 0.717) is 0 Å². The van der Waals surface area contributed by atoms with E-state index < -0.39 is 0 Å². The number of benzene rings is 1. The van der Waals surface area contributed by atoms with Crippen LogP contribution in [-0.4, -0.2) is 12.6 Å². The number of carbonyl (C=O) groups is 1. The first-order valence-electron chi connectivity index (χ1n) is 8.34. The van der Waals surface area contributed by atoms with Crippen LogP contribution in [0.2, 0.25) is 0 Å². The van der Waals surface area contributed by atoms with Crippen molar-refractivity contribution in [2.75, 3.05) is 11.9 Å². The number of rotatable bonds is 10. The second kappa shape index (κ2) is 11.2. The van der Waals surface area contributed by atoms with E-state index in [9.17, 15) is 4.79 Å². The van der Waals surface area contributed by atoms with Crippen molar-refractivity contribution in [1.29, 1.82) is 0 Å². The summed E-state index contributed by atoms with van der Waals surface area (Å²) in [6.07, 6.45) is 10.3. The van der Waals surface area contributed by atoms with Crippen LogP contribution in [0, 0.1) is 6.92 Å². The van der Waals surface area contributed by atoms with Gasteiger partial charge in [0.05, 0.1) is 0 Å². The number of hydrogen-bond donors (Lipinski definition) is 2. The number of unbranched alkanes of at least 4 members (excludes halogenated alkanes) is 7. The van der Waals surface area contributed by atoms with Gasteiger partial charge in [0.1, 0.15) is 0 Å². The standard InChI is InChI=1S/C18H30N2O/c1-3-4-5-6-7-8-9-12-15-19-18(21)20-17-14-11-10-13-16(17)2/h10-11,13-14H,3-9,12,15H2,1-2H3,(H2,19,20,21). The lowest BCUT2D eigenvalue weighted by molar-refractivity contribution is 0.252. The first-order chi connectivity index (χ1) is 10.2. The Hall–Kier alpha value is -1.51. The Balaban J connectivity index is 2.00. The van der Waals surface area contributed by atoms with Crippen molar-refractivity contribution in [3.05, 3.63) is 29.8 Å². The number of amides is 2. The maximum absolute atomic E-state index is 11.7. The van der Waals surface area contributed by atoms with E-state index in [-0.39, 0.29) is 6.03 Å². The van der Waals surface area contributed by atoms with Gasteiger partial charge in [0.2, 0.25) is 0 Å². The van der Waals surface area contributed by atoms with Crippen LogP contribution in [0.4, 0.5) is 10.5 Å². The summed E-state index contributed by atoms with van der Waals surface area (Å²) >= 11 is 0. The molecule has 0 heterocycles. The van der Waals surface area contributed by atoms with Crippen molar-refractivity contribution >= 4 is 11.7 Å². The SMILES string of the molecule is CCCCCCCCCCNC(=O)Nc1ccccc1C. The molecule has 2 N–H and O–H groups in total. The topological polar surface area (TPSA) is 41.1 Å². The monoisotopic (exact) mass is 290 g/mol. The molecule has 0 bridgehead atoms. The van der Waals surface area contributed by atoms with Gasteiger partial charge in [-0.2, -0.15) is 0 Å². The highest BCUT2D eigenvalue weighted by Gasteiger charge is 2.02. The summed E-state index contributed by atoms with van der Waals surface area (Å²) in [5.41, 5.74) is 1.96. The third-order valence-corrected chi connectivity index (χ3v) is 3.71. The molecule has 0 spiro atoms. The molecule has 21 heavy (non-hydrogen) atoms. The van der Waals surface area contributed by atoms with E-state index in [4.69, 9.17) is 0 Å². The minimum absolute atomic E-state index is 0.104. The summed E-state index contributed by atoms with van der Waals surface area (Å²) in [5.74, 6) is 0. The highest BCUT2D eigenvalue weighted by Crippen LogP contribution is 2.12. The molecule has 0 radical (unpaired) electrons. The predicted octanol–water partition coefficient (Wildman–Crippen LogP) is 5.26. The van der Waals surface area contributed by atoms with Crippen molar-refractivity contribution in [3.8, 4) is 0 Å². The highest BCUT2D eigenvalue weighted by atomic mass is 16.2. The molecule has 1 aromatic rings. The molecule has 2 amide bonds. The van der Waals surface area contributed by atoms with Gasteiger partial charge in [0, 0.05) is 12.2 Å². The number of hydrogen-bond acceptors (Lipinski definition) is 1. The van der Waals surface area contributed by atoms with E-state index in [2.05, 4.69) is 17.6 Å². The van der Waals surface area contributed by atoms with Crippen LogP contribution < -0.4 is 10.6 Å². The normalized spacial score (nSPS) is 10.4. The van der Waals surface area contributed by atoms with Gasteiger partial charge in [-0.05, 0) is 25.0 Å². The van der Waals surface area contributed by atoms with Gasteiger partial charge in [-0.1, -0.05) is 70.1 Å². The fourth-order valence-corrected chi connectivity index (χ4v) is 2.34. The van der Waals surface area contributed by atoms with E-state index in [1.165, 1.54) is 44.9 Å². The van der Waals surface area contributed by atoms with Crippen molar-refractivity contribution in [1.82, 2.24) is 5.32 Å². The van der Waals surface area contributed by atoms with Crippen LogP contribution in [0.3, 0.4) is 0 Å². The third kappa shape index (κ3) is 8.38. The van der Waals surface area contributed by atoms with Gasteiger partial charge in [-0.3, -0.25) is 0 Å². The smallest absolute Gasteiger partial charge is 0.319 e. The van der Waals surface area contributed by atoms with Crippen LogP contribution >= 0.6 is 0 Å². The summed E-state index contributed by atoms with van der Waals surface area (Å²) in [5, 5.41) is 5.80. The average molecular weight is 290 g/mol. The molecule has 1 rings (SSSR count). The minimum atomic E-state index is -0.104. The third-order valence-electron chi connectivity index (χ3n) is 3.71. The molecular weight excluding hydrogens is 260 g/mol. The van der Waals surface area contributed by atoms with Crippen LogP contribution in [0.15, 0.2) is 24.3 Å². The number of nitrogens with one attached hydrogen (secondary N) is 2. The summed E-state index contributed by atoms with van der Waals surface area (Å²) < 4.78 is 0. The van der Waals surface area contributed by atoms with Crippen molar-refractivity contribution in [2.45, 2.75) is 65.2 Å². The summed E-state index contributed by atoms with van der Waals surface area (Å²) in [7, 11) is 0. The summed E-state index contributed by atoms with van der Waals surface area (Å²) in [4.78, 5) is 11.7. The van der Waals surface area contributed by atoms with E-state index in [0.717, 1.165) is 24.2 Å². The number of anilines is 1. The van der Waals surface area contributed by atoms with Crippen molar-refractivity contribution in [3.63, 3.8) is 0 Å². The average Bonchev–Trinajstić information content (AvgIpc) is 2.48. The second-order valence-corrected chi connectivity index (χ2v) is 5.67. The zero-order chi connectivity index (χ0) is 15.3. The molecule has 0 saturated heterocycles. The van der Waals surface area contributed by atoms with Gasteiger partial charge in [0.25, 0.3) is 0 Å². The molecule has 0 aliphatic heterocycles. The summed E-state index contributed by atoms with van der Waals surface area (Å²) in [6.45, 7) is 4.99. The highest BCUT2D eigenvalue weighted by molar-refractivity contribution is 5.89. The Morgan fingerprint density at radius 2 is 1.57 bits per heavy atom. The quantitative estimate of drug-likeness (QED) is 0.567. The fourth-order valence-electron chi connectivity index (χ4n) is 2.34. The van der Waals surface area contributed by atoms with Gasteiger partial charge in [0.15, 0.2) is 0 Å². The second-order valence-electron chi connectivity index (χ2n) is 5.67. The maximum Gasteiger partial charge on any atom is 0.319 e. The van der Waals surface area contributed by atoms with Gasteiger partial charge in [-0.15, -0.1) is 0 Å². The molecule has 0 atom stereocenters. The van der Waals surface area contributed by atoms with Crippen LogP contribution in [-0.2, 0) is 0 Å². The molecule has 0 aliphatic carbocycles. The molecule has 0 fully saturated rings. The lowest BCUT2D eigenvalue weighted by atomic mass is 10.1. The lowest BCUT2D eigenvalue weighted by Gasteiger charge is -2.09. The Kier molecular flexibility index (Phi) is 9.34. The molecule has 0 saturated carbocycles. The van der Waals surface area contributed by atoms with Crippen LogP contribution in [0.5, 0.6) is 0 Å². The van der Waals surface area contributed by atoms with Gasteiger partial charge < -0.3 is 10.6 Å². The molecule has 0 unspecified atom stereocenters. The minimum Gasteiger partial charge on any atom is -0.338 e. The predicted molar refractivity (Wildman–Crippen MR) is 90.8 cm³/mol. The van der Waals surface area contributed by atoms with Gasteiger partial charge >= 0.3 is 6.03 Å². The molecule has 3 heteroatoms. The largest absolute Gasteiger partial charge is 0.338 e. The molecule has 3 nitrogen and oxygen atoms in total. The molecule has 118 valence electrons. The van der Waals surface area contributed by atoms with E-state index in [1.807, 2.05) is 31.2 Å². The lowest BCUT2D eigenvalue weighted by Crippen LogP contribution is -2.29. The van der Waals surface area contributed by atoms with Crippen molar-refractivity contribution < 1.29 is 4.79 Å². The number of urea groups is 1. The molecule has 0 aliphatic rings. The van der Waals surface area contributed by atoms with E-state index >= 15 is 0 Å². The molecule has 0 aromatic heterocycles. The number of carbonyl (C=O) groups excluding carboxylic acids is 1. The Bertz CT molecular complexity index is 404. The zero-order valence-electron chi connectivity index (χ0n) is 13.6. The van der Waals surface area contributed by atoms with E-state index in [1.54, 1.807) is 0 Å². The first-order valence-corrected chi connectivity index (χ1v) is 8.34. The number of aryl methyl sites for hydroxylation is 1. The van der Waals surface area contributed by atoms with Crippen LogP contribution in [0.1, 0.15) is 63.9 Å². The molecule has 1 aromatic carbocycles. The molecular formula is C18H30N2O.